The van der Waals surface area contributed by atoms with E-state index in [1.807, 2.05) is 0 Å². The van der Waals surface area contributed by atoms with Crippen LogP contribution in [0, 0.1) is 0 Å². The predicted molar refractivity (Wildman–Crippen MR) is 97.6 cm³/mol. The summed E-state index contributed by atoms with van der Waals surface area (Å²) in [6.45, 7) is 1.84. The molecule has 3 heterocycles. The first kappa shape index (κ1) is 18.4. The zero-order valence-electron chi connectivity index (χ0n) is 15.2. The summed E-state index contributed by atoms with van der Waals surface area (Å²) < 4.78 is 32.4. The van der Waals surface area contributed by atoms with Crippen molar-refractivity contribution in [3.05, 3.63) is 29.8 Å². The fourth-order valence-electron chi connectivity index (χ4n) is 4.40. The van der Waals surface area contributed by atoms with Crippen molar-refractivity contribution in [2.45, 2.75) is 49.0 Å². The Labute approximate surface area is 159 Å². The molecule has 1 atom stereocenters. The van der Waals surface area contributed by atoms with Gasteiger partial charge in [0.1, 0.15) is 5.54 Å². The van der Waals surface area contributed by atoms with E-state index in [0.29, 0.717) is 44.6 Å². The van der Waals surface area contributed by atoms with E-state index >= 15 is 0 Å². The van der Waals surface area contributed by atoms with Gasteiger partial charge in [-0.15, -0.1) is 0 Å². The summed E-state index contributed by atoms with van der Waals surface area (Å²) in [5, 5.41) is 0. The Morgan fingerprint density at radius 2 is 1.81 bits per heavy atom. The van der Waals surface area contributed by atoms with E-state index in [1.165, 1.54) is 16.4 Å². The first-order valence-corrected chi connectivity index (χ1v) is 11.0. The molecule has 0 saturated carbocycles. The molecule has 1 spiro atoms. The van der Waals surface area contributed by atoms with Crippen LogP contribution in [0.15, 0.2) is 29.2 Å². The van der Waals surface area contributed by atoms with Gasteiger partial charge in [0.25, 0.3) is 5.91 Å². The Balaban J connectivity index is 1.62. The quantitative estimate of drug-likeness (QED) is 0.732. The van der Waals surface area contributed by atoms with Crippen molar-refractivity contribution in [3.8, 4) is 0 Å². The number of ether oxygens (including phenoxy) is 1. The minimum atomic E-state index is -3.61. The van der Waals surface area contributed by atoms with Crippen molar-refractivity contribution in [3.63, 3.8) is 0 Å². The number of piperidine rings is 1. The molecule has 146 valence electrons. The highest BCUT2D eigenvalue weighted by molar-refractivity contribution is 7.89. The topological polar surface area (TPSA) is 84.0 Å². The molecule has 0 radical (unpaired) electrons. The van der Waals surface area contributed by atoms with E-state index in [2.05, 4.69) is 0 Å². The summed E-state index contributed by atoms with van der Waals surface area (Å²) in [5.41, 5.74) is -0.576. The molecule has 0 aromatic heterocycles. The molecular weight excluding hydrogens is 368 g/mol. The second-order valence-corrected chi connectivity index (χ2v) is 9.41. The van der Waals surface area contributed by atoms with Crippen LogP contribution in [-0.2, 0) is 19.6 Å². The average molecular weight is 392 g/mol. The van der Waals surface area contributed by atoms with E-state index in [9.17, 15) is 18.0 Å². The lowest BCUT2D eigenvalue weighted by atomic mass is 9.94. The first-order valence-electron chi connectivity index (χ1n) is 9.55. The van der Waals surface area contributed by atoms with Crippen molar-refractivity contribution in [1.82, 2.24) is 9.21 Å². The van der Waals surface area contributed by atoms with Gasteiger partial charge >= 0.3 is 5.97 Å². The van der Waals surface area contributed by atoms with Gasteiger partial charge in [-0.25, -0.2) is 13.2 Å². The van der Waals surface area contributed by atoms with Crippen molar-refractivity contribution in [2.75, 3.05) is 26.2 Å². The van der Waals surface area contributed by atoms with Gasteiger partial charge in [0.05, 0.1) is 11.5 Å². The molecule has 0 N–H and O–H groups in total. The lowest BCUT2D eigenvalue weighted by Crippen LogP contribution is -2.50. The summed E-state index contributed by atoms with van der Waals surface area (Å²) in [5.74, 6) is -0.646. The number of hydrogen-bond acceptors (Lipinski definition) is 5. The maximum atomic E-state index is 13.1. The Kier molecular flexibility index (Phi) is 4.71. The van der Waals surface area contributed by atoms with Crippen LogP contribution < -0.4 is 0 Å². The van der Waals surface area contributed by atoms with Gasteiger partial charge in [0.2, 0.25) is 10.0 Å². The molecule has 7 nitrogen and oxygen atoms in total. The number of carbonyl (C=O) groups is 2. The van der Waals surface area contributed by atoms with Crippen LogP contribution in [-0.4, -0.2) is 61.3 Å². The molecule has 1 aromatic rings. The number of amides is 1. The molecule has 1 unspecified atom stereocenters. The number of sulfonamides is 1. The lowest BCUT2D eigenvalue weighted by molar-refractivity contribution is -0.145. The fourth-order valence-corrected chi connectivity index (χ4v) is 5.96. The standard InChI is InChI=1S/C19H24N2O5S/c22-17(21-12-5-8-19(21)9-13-26-18(19)23)15-6-4-7-16(14-15)27(24,25)20-10-2-1-3-11-20/h4,6-7,14H,1-3,5,8-13H2. The van der Waals surface area contributed by atoms with Crippen LogP contribution in [0.3, 0.4) is 0 Å². The number of nitrogens with zero attached hydrogens (tertiary/aromatic N) is 2. The zero-order chi connectivity index (χ0) is 19.1. The van der Waals surface area contributed by atoms with Crippen LogP contribution >= 0.6 is 0 Å². The highest BCUT2D eigenvalue weighted by Crippen LogP contribution is 2.38. The van der Waals surface area contributed by atoms with Gasteiger partial charge in [-0.3, -0.25) is 4.79 Å². The molecule has 3 aliphatic rings. The summed E-state index contributed by atoms with van der Waals surface area (Å²) in [6, 6.07) is 6.19. The van der Waals surface area contributed by atoms with Gasteiger partial charge in [-0.2, -0.15) is 4.31 Å². The number of carbonyl (C=O) groups excluding carboxylic acids is 2. The van der Waals surface area contributed by atoms with Gasteiger partial charge in [-0.1, -0.05) is 12.5 Å². The second-order valence-electron chi connectivity index (χ2n) is 7.47. The Bertz CT molecular complexity index is 859. The Morgan fingerprint density at radius 1 is 1.04 bits per heavy atom. The van der Waals surface area contributed by atoms with E-state index in [4.69, 9.17) is 4.74 Å². The molecule has 3 saturated heterocycles. The molecule has 1 amide bonds. The minimum absolute atomic E-state index is 0.137. The van der Waals surface area contributed by atoms with E-state index in [-0.39, 0.29) is 16.8 Å². The molecule has 4 rings (SSSR count). The fraction of sp³-hybridized carbons (Fsp3) is 0.579. The van der Waals surface area contributed by atoms with Gasteiger partial charge in [-0.05, 0) is 43.9 Å². The Morgan fingerprint density at radius 3 is 2.52 bits per heavy atom. The third-order valence-corrected chi connectivity index (χ3v) is 7.79. The molecular formula is C19H24N2O5S. The highest BCUT2D eigenvalue weighted by Gasteiger charge is 2.54. The van der Waals surface area contributed by atoms with Crippen LogP contribution in [0.2, 0.25) is 0 Å². The second kappa shape index (κ2) is 6.91. The van der Waals surface area contributed by atoms with Crippen molar-refractivity contribution in [2.24, 2.45) is 0 Å². The number of hydrogen-bond donors (Lipinski definition) is 0. The maximum absolute atomic E-state index is 13.1. The van der Waals surface area contributed by atoms with E-state index < -0.39 is 15.6 Å². The summed E-state index contributed by atoms with van der Waals surface area (Å²) in [6.07, 6.45) is 4.60. The van der Waals surface area contributed by atoms with Crippen LogP contribution in [0.5, 0.6) is 0 Å². The predicted octanol–water partition coefficient (Wildman–Crippen LogP) is 1.78. The summed E-state index contributed by atoms with van der Waals surface area (Å²) in [4.78, 5) is 27.1. The minimum Gasteiger partial charge on any atom is -0.464 e. The molecule has 8 heteroatoms. The Hall–Kier alpha value is -1.93. The van der Waals surface area contributed by atoms with E-state index in [0.717, 1.165) is 25.7 Å². The molecule has 0 bridgehead atoms. The smallest absolute Gasteiger partial charge is 0.332 e. The van der Waals surface area contributed by atoms with Crippen molar-refractivity contribution >= 4 is 21.9 Å². The zero-order valence-corrected chi connectivity index (χ0v) is 16.0. The van der Waals surface area contributed by atoms with Crippen LogP contribution in [0.1, 0.15) is 48.9 Å². The molecule has 0 aliphatic carbocycles. The van der Waals surface area contributed by atoms with Crippen molar-refractivity contribution < 1.29 is 22.7 Å². The number of esters is 1. The third kappa shape index (κ3) is 3.04. The SMILES string of the molecule is O=C(c1cccc(S(=O)(=O)N2CCCCC2)c1)N1CCCC12CCOC2=O. The molecule has 3 aliphatic heterocycles. The maximum Gasteiger partial charge on any atom is 0.332 e. The number of cyclic esters (lactones) is 1. The van der Waals surface area contributed by atoms with Crippen LogP contribution in [0.25, 0.3) is 0 Å². The average Bonchev–Trinajstić information content (AvgIpc) is 3.29. The van der Waals surface area contributed by atoms with Crippen molar-refractivity contribution in [1.29, 1.82) is 0 Å². The molecule has 3 fully saturated rings. The number of benzene rings is 1. The number of rotatable bonds is 3. The summed E-state index contributed by atoms with van der Waals surface area (Å²) >= 11 is 0. The van der Waals surface area contributed by atoms with Gasteiger partial charge in [0, 0.05) is 31.6 Å². The highest BCUT2D eigenvalue weighted by atomic mass is 32.2. The number of likely N-dealkylation sites (tertiary alicyclic amines) is 1. The monoisotopic (exact) mass is 392 g/mol. The largest absolute Gasteiger partial charge is 0.464 e. The molecule has 1 aromatic carbocycles. The first-order chi connectivity index (χ1) is 12.9. The normalized spacial score (nSPS) is 26.5. The molecule has 27 heavy (non-hydrogen) atoms. The van der Waals surface area contributed by atoms with Crippen LogP contribution in [0.4, 0.5) is 0 Å². The van der Waals surface area contributed by atoms with Gasteiger partial charge < -0.3 is 9.64 Å². The van der Waals surface area contributed by atoms with E-state index in [1.54, 1.807) is 17.0 Å². The van der Waals surface area contributed by atoms with Gasteiger partial charge in [0.15, 0.2) is 0 Å². The summed E-state index contributed by atoms with van der Waals surface area (Å²) in [7, 11) is -3.61. The lowest BCUT2D eigenvalue weighted by Gasteiger charge is -2.31. The third-order valence-electron chi connectivity index (χ3n) is 5.90.